The minimum atomic E-state index is -0.802. The second kappa shape index (κ2) is 7.82. The van der Waals surface area contributed by atoms with Crippen molar-refractivity contribution < 1.29 is 19.4 Å². The Morgan fingerprint density at radius 2 is 1.86 bits per heavy atom. The van der Waals surface area contributed by atoms with Gasteiger partial charge in [0, 0.05) is 13.1 Å². The monoisotopic (exact) mass is 305 g/mol. The Morgan fingerprint density at radius 3 is 2.41 bits per heavy atom. The summed E-state index contributed by atoms with van der Waals surface area (Å²) in [5, 5.41) is 8.92. The summed E-state index contributed by atoms with van der Waals surface area (Å²) < 4.78 is 4.68. The minimum Gasteiger partial charge on any atom is -0.465 e. The van der Waals surface area contributed by atoms with Gasteiger partial charge < -0.3 is 14.7 Å². The fraction of sp³-hybridized carbons (Fsp3) is 0.529. The van der Waals surface area contributed by atoms with E-state index in [2.05, 4.69) is 4.74 Å². The molecule has 1 saturated heterocycles. The molecular weight excluding hydrogens is 282 g/mol. The van der Waals surface area contributed by atoms with Gasteiger partial charge in [-0.1, -0.05) is 12.1 Å². The van der Waals surface area contributed by atoms with E-state index in [9.17, 15) is 9.59 Å². The summed E-state index contributed by atoms with van der Waals surface area (Å²) in [6, 6.07) is 7.54. The van der Waals surface area contributed by atoms with Crippen LogP contribution < -0.4 is 0 Å². The number of nitrogens with zero attached hydrogens (tertiary/aromatic N) is 1. The summed E-state index contributed by atoms with van der Waals surface area (Å²) in [4.78, 5) is 23.7. The molecule has 0 bridgehead atoms. The summed E-state index contributed by atoms with van der Waals surface area (Å²) in [5.41, 5.74) is 1.79. The number of likely N-dealkylation sites (tertiary alicyclic amines) is 1. The van der Waals surface area contributed by atoms with Crippen molar-refractivity contribution in [3.63, 3.8) is 0 Å². The van der Waals surface area contributed by atoms with E-state index in [1.807, 2.05) is 12.1 Å². The van der Waals surface area contributed by atoms with Gasteiger partial charge in [0.15, 0.2) is 0 Å². The Balaban J connectivity index is 1.71. The number of rotatable bonds is 5. The SMILES string of the molecule is COC(=O)c1ccc(CCCC2CCN(C(=O)O)CC2)cc1. The van der Waals surface area contributed by atoms with Gasteiger partial charge in [0.1, 0.15) is 0 Å². The van der Waals surface area contributed by atoms with Crippen LogP contribution in [0.5, 0.6) is 0 Å². The lowest BCUT2D eigenvalue weighted by Gasteiger charge is -2.29. The molecule has 1 heterocycles. The van der Waals surface area contributed by atoms with Crippen molar-refractivity contribution in [1.82, 2.24) is 4.90 Å². The predicted molar refractivity (Wildman–Crippen MR) is 83.0 cm³/mol. The summed E-state index contributed by atoms with van der Waals surface area (Å²) in [6.07, 6.45) is 4.34. The molecule has 0 aliphatic carbocycles. The number of benzene rings is 1. The van der Waals surface area contributed by atoms with Crippen LogP contribution in [0.15, 0.2) is 24.3 Å². The van der Waals surface area contributed by atoms with Crippen LogP contribution in [0.2, 0.25) is 0 Å². The molecule has 1 N–H and O–H groups in total. The quantitative estimate of drug-likeness (QED) is 0.848. The van der Waals surface area contributed by atoms with Gasteiger partial charge in [-0.05, 0) is 55.7 Å². The number of carbonyl (C=O) groups excluding carboxylic acids is 1. The zero-order valence-corrected chi connectivity index (χ0v) is 13.0. The Bertz CT molecular complexity index is 504. The molecule has 1 aromatic rings. The summed E-state index contributed by atoms with van der Waals surface area (Å²) >= 11 is 0. The summed E-state index contributed by atoms with van der Waals surface area (Å²) in [6.45, 7) is 1.32. The van der Waals surface area contributed by atoms with Crippen LogP contribution in [0.3, 0.4) is 0 Å². The van der Waals surface area contributed by atoms with Crippen LogP contribution in [0.25, 0.3) is 0 Å². The fourth-order valence-corrected chi connectivity index (χ4v) is 2.93. The molecule has 0 aromatic heterocycles. The molecule has 0 atom stereocenters. The summed E-state index contributed by atoms with van der Waals surface area (Å²) in [5.74, 6) is 0.321. The Morgan fingerprint density at radius 1 is 1.23 bits per heavy atom. The van der Waals surface area contributed by atoms with Gasteiger partial charge in [-0.15, -0.1) is 0 Å². The van der Waals surface area contributed by atoms with Crippen molar-refractivity contribution in [1.29, 1.82) is 0 Å². The lowest BCUT2D eigenvalue weighted by molar-refractivity contribution is 0.0600. The van der Waals surface area contributed by atoms with E-state index < -0.39 is 6.09 Å². The number of hydrogen-bond donors (Lipinski definition) is 1. The molecule has 1 amide bonds. The van der Waals surface area contributed by atoms with Crippen molar-refractivity contribution in [3.8, 4) is 0 Å². The third-order valence-corrected chi connectivity index (χ3v) is 4.34. The Hall–Kier alpha value is -2.04. The Labute approximate surface area is 130 Å². The molecular formula is C17H23NO4. The van der Waals surface area contributed by atoms with Crippen LogP contribution in [-0.2, 0) is 11.2 Å². The molecule has 22 heavy (non-hydrogen) atoms. The van der Waals surface area contributed by atoms with Gasteiger partial charge in [0.05, 0.1) is 12.7 Å². The largest absolute Gasteiger partial charge is 0.465 e. The highest BCUT2D eigenvalue weighted by molar-refractivity contribution is 5.89. The maximum Gasteiger partial charge on any atom is 0.407 e. The first-order valence-electron chi connectivity index (χ1n) is 7.75. The van der Waals surface area contributed by atoms with Crippen molar-refractivity contribution in [2.75, 3.05) is 20.2 Å². The molecule has 0 saturated carbocycles. The molecule has 1 fully saturated rings. The average molecular weight is 305 g/mol. The molecule has 5 nitrogen and oxygen atoms in total. The zero-order chi connectivity index (χ0) is 15.9. The molecule has 2 rings (SSSR count). The number of carbonyl (C=O) groups is 2. The first-order chi connectivity index (χ1) is 10.6. The number of amides is 1. The highest BCUT2D eigenvalue weighted by Gasteiger charge is 2.21. The molecule has 1 aromatic carbocycles. The van der Waals surface area contributed by atoms with Gasteiger partial charge in [0.2, 0.25) is 0 Å². The van der Waals surface area contributed by atoms with Gasteiger partial charge in [-0.2, -0.15) is 0 Å². The van der Waals surface area contributed by atoms with Crippen molar-refractivity contribution in [2.45, 2.75) is 32.1 Å². The lowest BCUT2D eigenvalue weighted by atomic mass is 9.91. The smallest absolute Gasteiger partial charge is 0.407 e. The Kier molecular flexibility index (Phi) is 5.81. The van der Waals surface area contributed by atoms with Crippen molar-refractivity contribution >= 4 is 12.1 Å². The molecule has 0 unspecified atom stereocenters. The second-order valence-corrected chi connectivity index (χ2v) is 5.79. The standard InChI is InChI=1S/C17H23NO4/c1-22-16(19)15-7-5-13(6-8-15)3-2-4-14-9-11-18(12-10-14)17(20)21/h5-8,14H,2-4,9-12H2,1H3,(H,20,21). The second-order valence-electron chi connectivity index (χ2n) is 5.79. The van der Waals surface area contributed by atoms with Gasteiger partial charge >= 0.3 is 12.1 Å². The maximum absolute atomic E-state index is 11.4. The van der Waals surface area contributed by atoms with Crippen molar-refractivity contribution in [3.05, 3.63) is 35.4 Å². The highest BCUT2D eigenvalue weighted by atomic mass is 16.5. The first-order valence-corrected chi connectivity index (χ1v) is 7.75. The number of ether oxygens (including phenoxy) is 1. The third-order valence-electron chi connectivity index (χ3n) is 4.34. The fourth-order valence-electron chi connectivity index (χ4n) is 2.93. The molecule has 120 valence electrons. The molecule has 1 aliphatic rings. The third kappa shape index (κ3) is 4.48. The van der Waals surface area contributed by atoms with E-state index in [1.54, 1.807) is 12.1 Å². The van der Waals surface area contributed by atoms with E-state index >= 15 is 0 Å². The topological polar surface area (TPSA) is 66.8 Å². The minimum absolute atomic E-state index is 0.309. The van der Waals surface area contributed by atoms with Gasteiger partial charge in [-0.25, -0.2) is 9.59 Å². The van der Waals surface area contributed by atoms with Crippen molar-refractivity contribution in [2.24, 2.45) is 5.92 Å². The predicted octanol–water partition coefficient (Wildman–Crippen LogP) is 3.19. The van der Waals surface area contributed by atoms with Crippen LogP contribution in [0, 0.1) is 5.92 Å². The van der Waals surface area contributed by atoms with Crippen LogP contribution in [0.4, 0.5) is 4.79 Å². The number of hydrogen-bond acceptors (Lipinski definition) is 3. The van der Waals surface area contributed by atoms with Gasteiger partial charge in [0.25, 0.3) is 0 Å². The van der Waals surface area contributed by atoms with Gasteiger partial charge in [-0.3, -0.25) is 0 Å². The average Bonchev–Trinajstić information content (AvgIpc) is 2.55. The number of aryl methyl sites for hydroxylation is 1. The van der Waals surface area contributed by atoms with E-state index in [4.69, 9.17) is 5.11 Å². The zero-order valence-electron chi connectivity index (χ0n) is 13.0. The number of methoxy groups -OCH3 is 1. The number of esters is 1. The molecule has 0 spiro atoms. The first kappa shape index (κ1) is 16.3. The van der Waals surface area contributed by atoms with E-state index in [0.717, 1.165) is 32.1 Å². The molecule has 0 radical (unpaired) electrons. The summed E-state index contributed by atoms with van der Waals surface area (Å²) in [7, 11) is 1.38. The lowest BCUT2D eigenvalue weighted by Crippen LogP contribution is -2.37. The number of piperidine rings is 1. The molecule has 5 heteroatoms. The van der Waals surface area contributed by atoms with E-state index in [1.165, 1.54) is 17.6 Å². The maximum atomic E-state index is 11.4. The molecule has 1 aliphatic heterocycles. The van der Waals surface area contributed by atoms with E-state index in [-0.39, 0.29) is 5.97 Å². The van der Waals surface area contributed by atoms with Crippen LogP contribution >= 0.6 is 0 Å². The number of carboxylic acid groups (broad SMARTS) is 1. The van der Waals surface area contributed by atoms with Crippen LogP contribution in [0.1, 0.15) is 41.6 Å². The highest BCUT2D eigenvalue weighted by Crippen LogP contribution is 2.23. The van der Waals surface area contributed by atoms with Crippen LogP contribution in [-0.4, -0.2) is 42.3 Å². The normalized spacial score (nSPS) is 15.6. The van der Waals surface area contributed by atoms with E-state index in [0.29, 0.717) is 24.6 Å².